The molecule has 0 heterocycles. The zero-order valence-electron chi connectivity index (χ0n) is 12.7. The van der Waals surface area contributed by atoms with Crippen LogP contribution in [0.15, 0.2) is 60.7 Å². The van der Waals surface area contributed by atoms with Gasteiger partial charge in [-0.2, -0.15) is 5.26 Å². The number of hydrogen-bond donors (Lipinski definition) is 0. The molecule has 1 aliphatic carbocycles. The van der Waals surface area contributed by atoms with Gasteiger partial charge >= 0.3 is 5.97 Å². The van der Waals surface area contributed by atoms with E-state index in [4.69, 9.17) is 10.00 Å². The van der Waals surface area contributed by atoms with E-state index in [9.17, 15) is 4.79 Å². The van der Waals surface area contributed by atoms with Crippen molar-refractivity contribution < 1.29 is 9.53 Å². The maximum Gasteiger partial charge on any atom is 0.311 e. The second-order valence-electron chi connectivity index (χ2n) is 5.66. The molecule has 0 saturated carbocycles. The van der Waals surface area contributed by atoms with E-state index in [-0.39, 0.29) is 5.97 Å². The lowest BCUT2D eigenvalue weighted by molar-refractivity contribution is -0.135. The number of hydrogen-bond acceptors (Lipinski definition) is 3. The Balaban J connectivity index is 1.63. The van der Waals surface area contributed by atoms with E-state index < -0.39 is 0 Å². The van der Waals surface area contributed by atoms with Gasteiger partial charge in [-0.05, 0) is 54.2 Å². The summed E-state index contributed by atoms with van der Waals surface area (Å²) in [4.78, 5) is 11.9. The fraction of sp³-hybridized carbons (Fsp3) is 0.200. The lowest BCUT2D eigenvalue weighted by Gasteiger charge is -2.08. The first-order chi connectivity index (χ1) is 11.2. The molecule has 1 unspecified atom stereocenters. The molecule has 2 aromatic carbocycles. The van der Waals surface area contributed by atoms with Crippen LogP contribution in [-0.4, -0.2) is 5.97 Å². The third-order valence-corrected chi connectivity index (χ3v) is 3.97. The molecule has 114 valence electrons. The van der Waals surface area contributed by atoms with Gasteiger partial charge in [0.2, 0.25) is 0 Å². The highest BCUT2D eigenvalue weighted by Crippen LogP contribution is 2.24. The minimum Gasteiger partial charge on any atom is -0.427 e. The fourth-order valence-electron chi connectivity index (χ4n) is 2.71. The number of esters is 1. The van der Waals surface area contributed by atoms with E-state index in [1.807, 2.05) is 24.3 Å². The molecule has 3 nitrogen and oxygen atoms in total. The molecule has 0 aromatic heterocycles. The monoisotopic (exact) mass is 303 g/mol. The second-order valence-corrected chi connectivity index (χ2v) is 5.66. The first-order valence-corrected chi connectivity index (χ1v) is 7.72. The minimum atomic E-state index is -0.187. The van der Waals surface area contributed by atoms with Crippen molar-refractivity contribution >= 4 is 5.97 Å². The van der Waals surface area contributed by atoms with Crippen LogP contribution in [0.3, 0.4) is 0 Å². The summed E-state index contributed by atoms with van der Waals surface area (Å²) in [7, 11) is 0. The van der Waals surface area contributed by atoms with Crippen LogP contribution in [0.4, 0.5) is 0 Å². The molecular formula is C20H17NO2. The fourth-order valence-corrected chi connectivity index (χ4v) is 2.71. The molecule has 23 heavy (non-hydrogen) atoms. The van der Waals surface area contributed by atoms with E-state index in [2.05, 4.69) is 18.2 Å². The Morgan fingerprint density at radius 2 is 1.74 bits per heavy atom. The summed E-state index contributed by atoms with van der Waals surface area (Å²) in [6.45, 7) is 0. The highest BCUT2D eigenvalue weighted by Gasteiger charge is 2.15. The summed E-state index contributed by atoms with van der Waals surface area (Å²) in [5.41, 5.74) is 2.69. The van der Waals surface area contributed by atoms with Crippen LogP contribution in [-0.2, 0) is 4.79 Å². The number of allylic oxidation sites excluding steroid dienone is 2. The van der Waals surface area contributed by atoms with Crippen LogP contribution in [0.1, 0.15) is 24.8 Å². The molecule has 2 aromatic rings. The molecule has 0 bridgehead atoms. The molecule has 0 amide bonds. The molecule has 3 rings (SSSR count). The van der Waals surface area contributed by atoms with E-state index in [1.54, 1.807) is 24.3 Å². The van der Waals surface area contributed by atoms with E-state index >= 15 is 0 Å². The van der Waals surface area contributed by atoms with Crippen LogP contribution in [0.2, 0.25) is 0 Å². The van der Waals surface area contributed by atoms with Gasteiger partial charge in [-0.3, -0.25) is 4.79 Å². The molecule has 0 saturated heterocycles. The topological polar surface area (TPSA) is 50.1 Å². The summed E-state index contributed by atoms with van der Waals surface area (Å²) < 4.78 is 5.39. The van der Waals surface area contributed by atoms with Crippen molar-refractivity contribution in [3.05, 3.63) is 66.2 Å². The number of ether oxygens (including phenoxy) is 1. The average Bonchev–Trinajstić information content (AvgIpc) is 3.08. The third kappa shape index (κ3) is 3.87. The van der Waals surface area contributed by atoms with E-state index in [0.717, 1.165) is 24.0 Å². The van der Waals surface area contributed by atoms with Crippen LogP contribution in [0, 0.1) is 17.2 Å². The zero-order valence-corrected chi connectivity index (χ0v) is 12.7. The van der Waals surface area contributed by atoms with Crippen LogP contribution < -0.4 is 4.74 Å². The van der Waals surface area contributed by atoms with Gasteiger partial charge in [0.15, 0.2) is 0 Å². The summed E-state index contributed by atoms with van der Waals surface area (Å²) in [6.07, 6.45) is 6.73. The van der Waals surface area contributed by atoms with Crippen LogP contribution >= 0.6 is 0 Å². The van der Waals surface area contributed by atoms with Gasteiger partial charge in [0.25, 0.3) is 0 Å². The first-order valence-electron chi connectivity index (χ1n) is 7.72. The highest BCUT2D eigenvalue weighted by molar-refractivity contribution is 5.73. The van der Waals surface area contributed by atoms with Gasteiger partial charge in [0.05, 0.1) is 18.1 Å². The zero-order chi connectivity index (χ0) is 16.1. The molecule has 0 spiro atoms. The number of nitrogens with zero attached hydrogens (tertiary/aromatic N) is 1. The SMILES string of the molecule is N#Cc1ccc(-c2ccc(OC(=O)CC3C=CCC3)cc2)cc1. The van der Waals surface area contributed by atoms with Gasteiger partial charge in [0.1, 0.15) is 5.75 Å². The Hall–Kier alpha value is -2.86. The number of benzene rings is 2. The molecule has 3 heteroatoms. The average molecular weight is 303 g/mol. The molecule has 0 N–H and O–H groups in total. The van der Waals surface area contributed by atoms with Gasteiger partial charge < -0.3 is 4.74 Å². The predicted octanol–water partition coefficient (Wildman–Crippen LogP) is 4.49. The van der Waals surface area contributed by atoms with Crippen molar-refractivity contribution in [2.45, 2.75) is 19.3 Å². The van der Waals surface area contributed by atoms with Crippen LogP contribution in [0.25, 0.3) is 11.1 Å². The molecule has 1 aliphatic rings. The van der Waals surface area contributed by atoms with Gasteiger partial charge in [-0.25, -0.2) is 0 Å². The molecule has 1 atom stereocenters. The second kappa shape index (κ2) is 6.93. The summed E-state index contributed by atoms with van der Waals surface area (Å²) in [5.74, 6) is 0.697. The van der Waals surface area contributed by atoms with Crippen molar-refractivity contribution in [2.75, 3.05) is 0 Å². The van der Waals surface area contributed by atoms with Crippen LogP contribution in [0.5, 0.6) is 5.75 Å². The Bertz CT molecular complexity index is 752. The number of carbonyl (C=O) groups is 1. The van der Waals surface area contributed by atoms with E-state index in [0.29, 0.717) is 23.7 Å². The Kier molecular flexibility index (Phi) is 4.54. The lowest BCUT2D eigenvalue weighted by atomic mass is 10.0. The maximum atomic E-state index is 11.9. The normalized spacial score (nSPS) is 16.0. The van der Waals surface area contributed by atoms with Gasteiger partial charge in [-0.15, -0.1) is 0 Å². The predicted molar refractivity (Wildman–Crippen MR) is 88.7 cm³/mol. The lowest BCUT2D eigenvalue weighted by Crippen LogP contribution is -2.11. The maximum absolute atomic E-state index is 11.9. The quantitative estimate of drug-likeness (QED) is 0.475. The van der Waals surface area contributed by atoms with Crippen molar-refractivity contribution in [3.63, 3.8) is 0 Å². The Labute approximate surface area is 135 Å². The number of carbonyl (C=O) groups excluding carboxylic acids is 1. The third-order valence-electron chi connectivity index (χ3n) is 3.97. The van der Waals surface area contributed by atoms with Crippen molar-refractivity contribution in [2.24, 2.45) is 5.92 Å². The van der Waals surface area contributed by atoms with Crippen molar-refractivity contribution in [1.29, 1.82) is 5.26 Å². The standard InChI is InChI=1S/C20H17NO2/c21-14-16-5-7-17(8-6-16)18-9-11-19(12-10-18)23-20(22)13-15-3-1-2-4-15/h1,3,5-12,15H,2,4,13H2. The number of rotatable bonds is 4. The molecular weight excluding hydrogens is 286 g/mol. The summed E-state index contributed by atoms with van der Waals surface area (Å²) in [6, 6.07) is 16.9. The minimum absolute atomic E-state index is 0.187. The first kappa shape index (κ1) is 15.1. The smallest absolute Gasteiger partial charge is 0.311 e. The number of nitriles is 1. The Morgan fingerprint density at radius 1 is 1.09 bits per heavy atom. The summed E-state index contributed by atoms with van der Waals surface area (Å²) in [5, 5.41) is 8.82. The molecule has 0 radical (unpaired) electrons. The van der Waals surface area contributed by atoms with Crippen molar-refractivity contribution in [3.8, 4) is 22.9 Å². The van der Waals surface area contributed by atoms with Gasteiger partial charge in [-0.1, -0.05) is 36.4 Å². The molecule has 0 fully saturated rings. The van der Waals surface area contributed by atoms with E-state index in [1.165, 1.54) is 0 Å². The largest absolute Gasteiger partial charge is 0.427 e. The van der Waals surface area contributed by atoms with Crippen molar-refractivity contribution in [1.82, 2.24) is 0 Å². The summed E-state index contributed by atoms with van der Waals surface area (Å²) >= 11 is 0. The molecule has 0 aliphatic heterocycles. The van der Waals surface area contributed by atoms with Gasteiger partial charge in [0, 0.05) is 0 Å². The highest BCUT2D eigenvalue weighted by atomic mass is 16.5. The Morgan fingerprint density at radius 3 is 2.30 bits per heavy atom.